The average molecular weight is 405 g/mol. The second-order valence-electron chi connectivity index (χ2n) is 8.42. The zero-order valence-corrected chi connectivity index (χ0v) is 17.4. The van der Waals surface area contributed by atoms with Crippen LogP contribution < -0.4 is 0 Å². The van der Waals surface area contributed by atoms with Gasteiger partial charge < -0.3 is 9.47 Å². The van der Waals surface area contributed by atoms with Crippen LogP contribution in [0.15, 0.2) is 73.6 Å². The molecule has 0 amide bonds. The van der Waals surface area contributed by atoms with E-state index >= 15 is 0 Å². The lowest BCUT2D eigenvalue weighted by Gasteiger charge is -2.43. The first-order chi connectivity index (χ1) is 15.3. The molecule has 31 heavy (non-hydrogen) atoms. The lowest BCUT2D eigenvalue weighted by molar-refractivity contribution is 0.275. The van der Waals surface area contributed by atoms with E-state index in [0.29, 0.717) is 5.84 Å². The zero-order chi connectivity index (χ0) is 20.9. The predicted octanol–water partition coefficient (Wildman–Crippen LogP) is 5.21. The van der Waals surface area contributed by atoms with Crippen LogP contribution in [0.25, 0.3) is 17.0 Å². The van der Waals surface area contributed by atoms with Crippen molar-refractivity contribution in [3.8, 4) is 0 Å². The number of rotatable bonds is 3. The number of para-hydroxylation sites is 1. The summed E-state index contributed by atoms with van der Waals surface area (Å²) in [4.78, 5) is 6.64. The van der Waals surface area contributed by atoms with Gasteiger partial charge in [-0.25, -0.2) is 0 Å². The molecule has 4 nitrogen and oxygen atoms in total. The topological polar surface area (TPSA) is 44.9 Å². The molecule has 1 N–H and O–H groups in total. The Morgan fingerprint density at radius 1 is 1.03 bits per heavy atom. The number of fused-ring (bicyclic) bond motifs is 6. The molecule has 0 saturated heterocycles. The van der Waals surface area contributed by atoms with Crippen LogP contribution in [0.4, 0.5) is 0 Å². The van der Waals surface area contributed by atoms with Gasteiger partial charge in [0.1, 0.15) is 5.84 Å². The Bertz CT molecular complexity index is 1330. The molecule has 1 unspecified atom stereocenters. The number of hydrogen-bond donors (Lipinski definition) is 1. The van der Waals surface area contributed by atoms with E-state index in [1.165, 1.54) is 33.3 Å². The second-order valence-corrected chi connectivity index (χ2v) is 8.42. The third-order valence-corrected chi connectivity index (χ3v) is 6.85. The van der Waals surface area contributed by atoms with Gasteiger partial charge in [0, 0.05) is 47.6 Å². The highest BCUT2D eigenvalue weighted by atomic mass is 15.2. The summed E-state index contributed by atoms with van der Waals surface area (Å²) in [5, 5.41) is 10.3. The molecule has 4 heteroatoms. The van der Waals surface area contributed by atoms with Crippen LogP contribution in [0.1, 0.15) is 39.6 Å². The normalized spacial score (nSPS) is 17.2. The first-order valence-electron chi connectivity index (χ1n) is 10.8. The van der Waals surface area contributed by atoms with E-state index in [4.69, 9.17) is 5.41 Å². The number of nitrogens with one attached hydrogen (secondary N) is 1. The van der Waals surface area contributed by atoms with Gasteiger partial charge in [-0.1, -0.05) is 61.2 Å². The number of hydrogen-bond acceptors (Lipinski definition) is 2. The molecule has 2 aromatic heterocycles. The highest BCUT2D eigenvalue weighted by molar-refractivity contribution is 6.00. The molecule has 0 bridgehead atoms. The molecule has 0 radical (unpaired) electrons. The average Bonchev–Trinajstić information content (AvgIpc) is 3.14. The highest BCUT2D eigenvalue weighted by Gasteiger charge is 2.39. The second kappa shape index (κ2) is 6.95. The molecule has 0 fully saturated rings. The number of amidine groups is 1. The molecule has 0 saturated carbocycles. The molecule has 2 aliphatic rings. The lowest BCUT2D eigenvalue weighted by atomic mass is 9.85. The van der Waals surface area contributed by atoms with E-state index in [-0.39, 0.29) is 6.04 Å². The SMILES string of the molecule is C=Cc1cncc2c1CC1c3c(c4ccccc4n3Cc3ccccc3)CCN1C2=N. The third kappa shape index (κ3) is 2.68. The number of pyridine rings is 1. The summed E-state index contributed by atoms with van der Waals surface area (Å²) < 4.78 is 2.49. The first-order valence-corrected chi connectivity index (χ1v) is 10.8. The maximum absolute atomic E-state index is 8.98. The largest absolute Gasteiger partial charge is 0.347 e. The molecule has 4 aromatic rings. The van der Waals surface area contributed by atoms with E-state index in [0.717, 1.165) is 37.1 Å². The van der Waals surface area contributed by atoms with Gasteiger partial charge in [-0.15, -0.1) is 0 Å². The van der Waals surface area contributed by atoms with Crippen LogP contribution in [0.3, 0.4) is 0 Å². The molecular weight excluding hydrogens is 380 g/mol. The molecule has 2 aromatic carbocycles. The predicted molar refractivity (Wildman–Crippen MR) is 125 cm³/mol. The minimum Gasteiger partial charge on any atom is -0.347 e. The van der Waals surface area contributed by atoms with Crippen molar-refractivity contribution in [2.45, 2.75) is 25.4 Å². The molecule has 0 spiro atoms. The Kier molecular flexibility index (Phi) is 4.06. The van der Waals surface area contributed by atoms with Crippen molar-refractivity contribution in [2.75, 3.05) is 6.54 Å². The Morgan fingerprint density at radius 2 is 1.84 bits per heavy atom. The summed E-state index contributed by atoms with van der Waals surface area (Å²) in [6, 6.07) is 19.6. The lowest BCUT2D eigenvalue weighted by Crippen LogP contribution is -2.45. The Hall–Kier alpha value is -3.66. The van der Waals surface area contributed by atoms with E-state index in [1.807, 2.05) is 18.5 Å². The third-order valence-electron chi connectivity index (χ3n) is 6.85. The zero-order valence-electron chi connectivity index (χ0n) is 17.4. The van der Waals surface area contributed by atoms with Crippen molar-refractivity contribution in [3.63, 3.8) is 0 Å². The van der Waals surface area contributed by atoms with Gasteiger partial charge in [-0.2, -0.15) is 0 Å². The first kappa shape index (κ1) is 18.1. The van der Waals surface area contributed by atoms with E-state index in [2.05, 4.69) is 75.6 Å². The highest BCUT2D eigenvalue weighted by Crippen LogP contribution is 2.43. The van der Waals surface area contributed by atoms with Crippen molar-refractivity contribution in [3.05, 3.63) is 107 Å². The van der Waals surface area contributed by atoms with Crippen LogP contribution in [-0.2, 0) is 19.4 Å². The summed E-state index contributed by atoms with van der Waals surface area (Å²) >= 11 is 0. The quantitative estimate of drug-likeness (QED) is 0.510. The van der Waals surface area contributed by atoms with Gasteiger partial charge in [0.05, 0.1) is 6.04 Å². The summed E-state index contributed by atoms with van der Waals surface area (Å²) in [6.45, 7) is 5.70. The Morgan fingerprint density at radius 3 is 2.68 bits per heavy atom. The van der Waals surface area contributed by atoms with Gasteiger partial charge in [0.2, 0.25) is 0 Å². The maximum Gasteiger partial charge on any atom is 0.130 e. The molecule has 152 valence electrons. The molecule has 1 atom stereocenters. The standard InChI is InChI=1S/C27H24N4/c1-2-19-15-29-16-23-22(19)14-25-26-21(12-13-30(25)27(23)28)20-10-6-7-11-24(20)31(26)17-18-8-4-3-5-9-18/h2-11,15-16,25,28H,1,12-14,17H2. The van der Waals surface area contributed by atoms with Crippen molar-refractivity contribution in [2.24, 2.45) is 0 Å². The van der Waals surface area contributed by atoms with Crippen molar-refractivity contribution >= 4 is 22.8 Å². The Labute approximate surface area is 182 Å². The van der Waals surface area contributed by atoms with Crippen LogP contribution in [-0.4, -0.2) is 26.8 Å². The molecule has 2 aliphatic heterocycles. The van der Waals surface area contributed by atoms with Gasteiger partial charge in [-0.3, -0.25) is 10.4 Å². The monoisotopic (exact) mass is 404 g/mol. The fraction of sp³-hybridized carbons (Fsp3) is 0.185. The van der Waals surface area contributed by atoms with E-state index in [1.54, 1.807) is 0 Å². The van der Waals surface area contributed by atoms with Crippen LogP contribution >= 0.6 is 0 Å². The summed E-state index contributed by atoms with van der Waals surface area (Å²) in [7, 11) is 0. The smallest absolute Gasteiger partial charge is 0.130 e. The van der Waals surface area contributed by atoms with Gasteiger partial charge in [-0.05, 0) is 41.2 Å². The maximum atomic E-state index is 8.98. The van der Waals surface area contributed by atoms with Crippen LogP contribution in [0, 0.1) is 5.41 Å². The van der Waals surface area contributed by atoms with E-state index in [9.17, 15) is 0 Å². The molecule has 6 rings (SSSR count). The van der Waals surface area contributed by atoms with Crippen molar-refractivity contribution in [1.29, 1.82) is 5.41 Å². The van der Waals surface area contributed by atoms with E-state index < -0.39 is 0 Å². The summed E-state index contributed by atoms with van der Waals surface area (Å²) in [5.41, 5.74) is 8.57. The number of benzene rings is 2. The number of nitrogens with zero attached hydrogens (tertiary/aromatic N) is 3. The summed E-state index contributed by atoms with van der Waals surface area (Å²) in [5.74, 6) is 0.588. The molecule has 0 aliphatic carbocycles. The van der Waals surface area contributed by atoms with Crippen molar-refractivity contribution < 1.29 is 0 Å². The fourth-order valence-electron chi connectivity index (χ4n) is 5.44. The number of aromatic nitrogens is 2. The minimum absolute atomic E-state index is 0.154. The van der Waals surface area contributed by atoms with Crippen LogP contribution in [0.5, 0.6) is 0 Å². The Balaban J connectivity index is 1.57. The molecular formula is C27H24N4. The minimum atomic E-state index is 0.154. The molecule has 4 heterocycles. The van der Waals surface area contributed by atoms with Gasteiger partial charge >= 0.3 is 0 Å². The van der Waals surface area contributed by atoms with Gasteiger partial charge in [0.15, 0.2) is 0 Å². The summed E-state index contributed by atoms with van der Waals surface area (Å²) in [6.07, 6.45) is 7.42. The van der Waals surface area contributed by atoms with Gasteiger partial charge in [0.25, 0.3) is 0 Å². The van der Waals surface area contributed by atoms with Crippen molar-refractivity contribution in [1.82, 2.24) is 14.5 Å². The fourth-order valence-corrected chi connectivity index (χ4v) is 5.44. The van der Waals surface area contributed by atoms with Crippen LogP contribution in [0.2, 0.25) is 0 Å².